The van der Waals surface area contributed by atoms with Gasteiger partial charge in [-0.1, -0.05) is 146 Å². The van der Waals surface area contributed by atoms with E-state index in [1.807, 2.05) is 0 Å². The van der Waals surface area contributed by atoms with E-state index in [1.54, 1.807) is 146 Å². The molecule has 0 atom stereocenters. The minimum atomic E-state index is -1.69. The Bertz CT molecular complexity index is 2720. The van der Waals surface area contributed by atoms with E-state index in [0.29, 0.717) is 33.4 Å². The minimum Gasteiger partial charge on any atom is -0.396 e. The van der Waals surface area contributed by atoms with E-state index in [-0.39, 0.29) is 53.2 Å². The molecule has 446 valence electrons. The number of ether oxygens (including phenoxy) is 3. The van der Waals surface area contributed by atoms with Gasteiger partial charge in [-0.25, -0.2) is 0 Å². The third-order valence-electron chi connectivity index (χ3n) is 14.2. The molecular weight excluding hydrogens is 1070 g/mol. The number of carbonyl (C=O) groups is 6. The van der Waals surface area contributed by atoms with Crippen molar-refractivity contribution in [1.29, 1.82) is 0 Å². The van der Waals surface area contributed by atoms with Crippen molar-refractivity contribution in [3.8, 4) is 0 Å². The standard InChI is InChI=1S/C68H78O16/c1-62(2,76)56(70)47-25-13-41(14-26-47)53(42-15-27-48(28-16-42)57(71)63(3,4)77)82-38-68(37-69,39-83-54(43-17-29-49(30-18-43)58(72)64(5,6)78)44-19-31-50(32-20-44)59(73)65(7,8)79)40-84-55(45-21-33-51(34-22-45)60(74)66(9,10)80)46-23-35-52(36-24-46)61(75)67(11,12)81/h13-36,53-55,69,76-81H,37-40H2,1-12H3. The fourth-order valence-corrected chi connectivity index (χ4v) is 9.17. The van der Waals surface area contributed by atoms with Crippen molar-refractivity contribution in [2.24, 2.45) is 5.41 Å². The lowest BCUT2D eigenvalue weighted by Crippen LogP contribution is -2.42. The molecule has 0 amide bonds. The topological polar surface area (TPSA) is 272 Å². The van der Waals surface area contributed by atoms with Crippen molar-refractivity contribution in [2.75, 3.05) is 26.4 Å². The Balaban J connectivity index is 1.51. The van der Waals surface area contributed by atoms with Gasteiger partial charge in [0.15, 0.2) is 34.7 Å². The minimum absolute atomic E-state index is 0.213. The van der Waals surface area contributed by atoms with Crippen molar-refractivity contribution >= 4 is 34.7 Å². The molecule has 0 heterocycles. The highest BCUT2D eigenvalue weighted by atomic mass is 16.5. The van der Waals surface area contributed by atoms with E-state index < -0.39 is 98.6 Å². The lowest BCUT2D eigenvalue weighted by atomic mass is 9.89. The molecule has 84 heavy (non-hydrogen) atoms. The van der Waals surface area contributed by atoms with Gasteiger partial charge in [-0.3, -0.25) is 28.8 Å². The molecule has 0 bridgehead atoms. The van der Waals surface area contributed by atoms with Crippen LogP contribution in [0.15, 0.2) is 146 Å². The molecule has 6 aromatic rings. The third kappa shape index (κ3) is 16.4. The number of rotatable bonds is 28. The number of hydrogen-bond donors (Lipinski definition) is 7. The van der Waals surface area contributed by atoms with E-state index in [1.165, 1.54) is 83.1 Å². The van der Waals surface area contributed by atoms with Crippen molar-refractivity contribution in [1.82, 2.24) is 0 Å². The largest absolute Gasteiger partial charge is 0.396 e. The number of benzene rings is 6. The zero-order chi connectivity index (χ0) is 62.5. The quantitative estimate of drug-likeness (QED) is 0.0226. The molecule has 0 saturated carbocycles. The molecule has 16 nitrogen and oxygen atoms in total. The molecule has 0 aliphatic carbocycles. The van der Waals surface area contributed by atoms with Gasteiger partial charge in [0.1, 0.15) is 51.9 Å². The average molecular weight is 1150 g/mol. The molecule has 0 saturated heterocycles. The number of ketones is 6. The van der Waals surface area contributed by atoms with E-state index in [0.717, 1.165) is 0 Å². The van der Waals surface area contributed by atoms with Crippen LogP contribution in [0.5, 0.6) is 0 Å². The summed E-state index contributed by atoms with van der Waals surface area (Å²) < 4.78 is 20.9. The normalized spacial score (nSPS) is 12.9. The van der Waals surface area contributed by atoms with E-state index in [4.69, 9.17) is 14.2 Å². The number of carbonyl (C=O) groups excluding carboxylic acids is 6. The first-order valence-corrected chi connectivity index (χ1v) is 27.5. The zero-order valence-electron chi connectivity index (χ0n) is 49.7. The molecule has 0 aromatic heterocycles. The monoisotopic (exact) mass is 1150 g/mol. The second-order valence-electron chi connectivity index (χ2n) is 24.8. The third-order valence-corrected chi connectivity index (χ3v) is 14.2. The van der Waals surface area contributed by atoms with Crippen LogP contribution in [0.3, 0.4) is 0 Å². The summed E-state index contributed by atoms with van der Waals surface area (Å²) in [7, 11) is 0. The van der Waals surface area contributed by atoms with Crippen LogP contribution in [0, 0.1) is 5.41 Å². The van der Waals surface area contributed by atoms with Crippen molar-refractivity contribution in [3.63, 3.8) is 0 Å². The summed E-state index contributed by atoms with van der Waals surface area (Å²) in [6.07, 6.45) is -2.99. The number of Topliss-reactive ketones (excluding diaryl/α,β-unsaturated/α-hetero) is 6. The maximum absolute atomic E-state index is 13.2. The van der Waals surface area contributed by atoms with Gasteiger partial charge in [0.25, 0.3) is 0 Å². The van der Waals surface area contributed by atoms with Crippen LogP contribution >= 0.6 is 0 Å². The maximum Gasteiger partial charge on any atom is 0.193 e. The first-order chi connectivity index (χ1) is 38.8. The van der Waals surface area contributed by atoms with Crippen LogP contribution in [0.1, 0.15) is 197 Å². The molecule has 6 rings (SSSR count). The van der Waals surface area contributed by atoms with Gasteiger partial charge in [-0.2, -0.15) is 0 Å². The second kappa shape index (κ2) is 25.7. The zero-order valence-corrected chi connectivity index (χ0v) is 49.7. The predicted octanol–water partition coefficient (Wildman–Crippen LogP) is 9.11. The second-order valence-corrected chi connectivity index (χ2v) is 24.8. The van der Waals surface area contributed by atoms with E-state index in [9.17, 15) is 64.5 Å². The number of hydrogen-bond acceptors (Lipinski definition) is 16. The highest BCUT2D eigenvalue weighted by molar-refractivity contribution is 6.04. The van der Waals surface area contributed by atoms with Crippen molar-refractivity contribution in [3.05, 3.63) is 212 Å². The predicted molar refractivity (Wildman–Crippen MR) is 315 cm³/mol. The fourth-order valence-electron chi connectivity index (χ4n) is 9.17. The summed E-state index contributed by atoms with van der Waals surface area (Å²) in [5.41, 5.74) is -7.33. The Hall–Kier alpha value is -7.06. The highest BCUT2D eigenvalue weighted by Crippen LogP contribution is 2.37. The molecule has 0 radical (unpaired) electrons. The van der Waals surface area contributed by atoms with Gasteiger partial charge in [-0.15, -0.1) is 0 Å². The summed E-state index contributed by atoms with van der Waals surface area (Å²) >= 11 is 0. The van der Waals surface area contributed by atoms with Gasteiger partial charge in [-0.05, 0) is 116 Å². The average Bonchev–Trinajstić information content (AvgIpc) is 3.55. The maximum atomic E-state index is 13.2. The fraction of sp³-hybridized carbons (Fsp3) is 0.382. The highest BCUT2D eigenvalue weighted by Gasteiger charge is 2.38. The molecule has 0 fully saturated rings. The molecule has 7 N–H and O–H groups in total. The number of aliphatic hydroxyl groups is 7. The lowest BCUT2D eigenvalue weighted by molar-refractivity contribution is -0.120. The van der Waals surface area contributed by atoms with Crippen LogP contribution in [0.2, 0.25) is 0 Å². The molecule has 0 aliphatic rings. The summed E-state index contributed by atoms with van der Waals surface area (Å²) in [4.78, 5) is 79.3. The van der Waals surface area contributed by atoms with E-state index >= 15 is 0 Å². The Morgan fingerprint density at radius 1 is 0.286 bits per heavy atom. The van der Waals surface area contributed by atoms with E-state index in [2.05, 4.69) is 0 Å². The van der Waals surface area contributed by atoms with Crippen LogP contribution < -0.4 is 0 Å². The molecular formula is C68H78O16. The molecule has 0 aliphatic heterocycles. The Labute approximate surface area is 490 Å². The smallest absolute Gasteiger partial charge is 0.193 e. The first-order valence-electron chi connectivity index (χ1n) is 27.5. The SMILES string of the molecule is CC(C)(O)C(=O)c1ccc(C(OCC(CO)(COC(c2ccc(C(=O)C(C)(C)O)cc2)c2ccc(C(=O)C(C)(C)O)cc2)COC(c2ccc(C(=O)C(C)(C)O)cc2)c2ccc(C(=O)C(C)(C)O)cc2)c2ccc(C(=O)C(C)(C)O)cc2)cc1. The molecule has 0 spiro atoms. The van der Waals surface area contributed by atoms with Crippen LogP contribution in [-0.4, -0.2) is 130 Å². The van der Waals surface area contributed by atoms with Crippen LogP contribution in [0.4, 0.5) is 0 Å². The van der Waals surface area contributed by atoms with Crippen LogP contribution in [0.25, 0.3) is 0 Å². The Kier molecular flexibility index (Phi) is 20.2. The van der Waals surface area contributed by atoms with Gasteiger partial charge >= 0.3 is 0 Å². The molecule has 6 aromatic carbocycles. The molecule has 0 unspecified atom stereocenters. The summed E-state index contributed by atoms with van der Waals surface area (Å²) in [6.45, 7) is 14.8. The summed E-state index contributed by atoms with van der Waals surface area (Å²) in [5.74, 6) is -3.21. The van der Waals surface area contributed by atoms with Gasteiger partial charge in [0.2, 0.25) is 0 Å². The summed E-state index contributed by atoms with van der Waals surface area (Å²) in [5, 5.41) is 75.5. The number of aliphatic hydroxyl groups excluding tert-OH is 1. The molecule has 16 heteroatoms. The van der Waals surface area contributed by atoms with Gasteiger partial charge in [0.05, 0.1) is 31.8 Å². The van der Waals surface area contributed by atoms with Gasteiger partial charge in [0, 0.05) is 33.4 Å². The summed E-state index contributed by atoms with van der Waals surface area (Å²) in [6, 6.07) is 38.3. The Morgan fingerprint density at radius 3 is 0.524 bits per heavy atom. The van der Waals surface area contributed by atoms with Crippen molar-refractivity contribution in [2.45, 2.75) is 135 Å². The lowest BCUT2D eigenvalue weighted by Gasteiger charge is -2.36. The first kappa shape index (κ1) is 66.1. The van der Waals surface area contributed by atoms with Gasteiger partial charge < -0.3 is 50.0 Å². The van der Waals surface area contributed by atoms with Crippen molar-refractivity contribution < 1.29 is 78.7 Å². The Morgan fingerprint density at radius 2 is 0.417 bits per heavy atom. The van der Waals surface area contributed by atoms with Crippen LogP contribution in [-0.2, 0) is 14.2 Å².